The van der Waals surface area contributed by atoms with Crippen molar-refractivity contribution < 1.29 is 43.1 Å². The maximum atomic E-state index is 14.1. The first-order valence-electron chi connectivity index (χ1n) is 14.4. The minimum Gasteiger partial charge on any atom is -0.461 e. The SMILES string of the molecule is C[C@H](NP(=O)(N[C@@H](C)C(=O)OC1CCCC1)OC[C@@]1(C)O[C@@H](n2ccc(=O)[nH]c2=O)[C@H](O)[C@@H]1O)C(=O)OC1CCCC1. The number of hydrogen-bond donors (Lipinski definition) is 5. The number of esters is 2. The van der Waals surface area contributed by atoms with Crippen LogP contribution >= 0.6 is 7.67 Å². The standard InChI is InChI=1S/C26H41N4O11P/c1-15(23(34)39-17-8-4-5-9-17)28-42(37,29-16(2)24(35)40-18-10-6-7-11-18)38-14-26(3)21(33)20(32)22(41-26)30-13-12-19(31)27-25(30)36/h12-13,15-18,20-22,32-33H,4-11,14H2,1-3H3,(H,27,31,36)(H2,28,29,37)/t15-,16-,20+,21-,22+,26+/m0/s1. The lowest BCUT2D eigenvalue weighted by Crippen LogP contribution is -2.47. The Morgan fingerprint density at radius 1 is 1.05 bits per heavy atom. The number of H-pyrrole nitrogens is 1. The molecule has 2 saturated carbocycles. The largest absolute Gasteiger partial charge is 0.461 e. The van der Waals surface area contributed by atoms with Crippen molar-refractivity contribution in [3.63, 3.8) is 0 Å². The van der Waals surface area contributed by atoms with Gasteiger partial charge >= 0.3 is 25.3 Å². The summed E-state index contributed by atoms with van der Waals surface area (Å²) < 4.78 is 37.6. The van der Waals surface area contributed by atoms with E-state index in [0.29, 0.717) is 0 Å². The third-order valence-corrected chi connectivity index (χ3v) is 9.84. The molecule has 0 aromatic carbocycles. The number of ether oxygens (including phenoxy) is 3. The van der Waals surface area contributed by atoms with Gasteiger partial charge in [0, 0.05) is 12.3 Å². The van der Waals surface area contributed by atoms with Gasteiger partial charge in [-0.05, 0) is 72.1 Å². The van der Waals surface area contributed by atoms with E-state index in [4.69, 9.17) is 18.7 Å². The number of aromatic nitrogens is 2. The van der Waals surface area contributed by atoms with E-state index < -0.39 is 73.6 Å². The second-order valence-corrected chi connectivity index (χ2v) is 13.4. The molecule has 0 bridgehead atoms. The van der Waals surface area contributed by atoms with E-state index in [-0.39, 0.29) is 12.2 Å². The number of nitrogens with one attached hydrogen (secondary N) is 3. The van der Waals surface area contributed by atoms with Crippen LogP contribution in [0.1, 0.15) is 78.4 Å². The highest BCUT2D eigenvalue weighted by molar-refractivity contribution is 7.54. The van der Waals surface area contributed by atoms with Crippen molar-refractivity contribution in [3.8, 4) is 0 Å². The topological polar surface area (TPSA) is 208 Å². The first-order chi connectivity index (χ1) is 19.8. The number of carbonyl (C=O) groups excluding carboxylic acids is 2. The van der Waals surface area contributed by atoms with Crippen LogP contribution in [0, 0.1) is 0 Å². The first-order valence-corrected chi connectivity index (χ1v) is 16.0. The van der Waals surface area contributed by atoms with Crippen LogP contribution in [-0.2, 0) is 32.9 Å². The maximum Gasteiger partial charge on any atom is 0.342 e. The Hall–Kier alpha value is -2.39. The fraction of sp³-hybridized carbons (Fsp3) is 0.769. The Balaban J connectivity index is 1.48. The van der Waals surface area contributed by atoms with Crippen LogP contribution < -0.4 is 21.4 Å². The zero-order valence-corrected chi connectivity index (χ0v) is 24.9. The third-order valence-electron chi connectivity index (χ3n) is 7.89. The van der Waals surface area contributed by atoms with Gasteiger partial charge in [0.25, 0.3) is 5.56 Å². The van der Waals surface area contributed by atoms with Gasteiger partial charge in [0.15, 0.2) is 6.23 Å². The number of aromatic amines is 1. The normalized spacial score (nSPS) is 28.5. The van der Waals surface area contributed by atoms with Crippen LogP contribution in [0.5, 0.6) is 0 Å². The number of nitrogens with zero attached hydrogens (tertiary/aromatic N) is 1. The Bertz CT molecular complexity index is 1230. The van der Waals surface area contributed by atoms with Crippen molar-refractivity contribution in [2.45, 2.75) is 120 Å². The van der Waals surface area contributed by atoms with E-state index in [1.807, 2.05) is 4.98 Å². The highest BCUT2D eigenvalue weighted by Gasteiger charge is 2.53. The molecule has 4 rings (SSSR count). The Labute approximate surface area is 242 Å². The summed E-state index contributed by atoms with van der Waals surface area (Å²) in [4.78, 5) is 51.3. The number of hydrogen-bond acceptors (Lipinski definition) is 11. The van der Waals surface area contributed by atoms with Gasteiger partial charge in [0.2, 0.25) is 0 Å². The number of aliphatic hydroxyl groups is 2. The predicted molar refractivity (Wildman–Crippen MR) is 147 cm³/mol. The Kier molecular flexibility index (Phi) is 10.5. The van der Waals surface area contributed by atoms with E-state index in [1.54, 1.807) is 0 Å². The lowest BCUT2D eigenvalue weighted by molar-refractivity contribution is -0.150. The van der Waals surface area contributed by atoms with Crippen molar-refractivity contribution in [2.24, 2.45) is 0 Å². The van der Waals surface area contributed by atoms with Gasteiger partial charge < -0.3 is 28.9 Å². The summed E-state index contributed by atoms with van der Waals surface area (Å²) >= 11 is 0. The average molecular weight is 617 g/mol. The fourth-order valence-corrected chi connectivity index (χ4v) is 7.28. The summed E-state index contributed by atoms with van der Waals surface area (Å²) in [5.74, 6) is -1.30. The van der Waals surface area contributed by atoms with E-state index >= 15 is 0 Å². The highest BCUT2D eigenvalue weighted by Crippen LogP contribution is 2.44. The zero-order valence-electron chi connectivity index (χ0n) is 24.0. The van der Waals surface area contributed by atoms with Crippen LogP contribution in [0.2, 0.25) is 0 Å². The van der Waals surface area contributed by atoms with Gasteiger partial charge in [-0.15, -0.1) is 0 Å². The number of carbonyl (C=O) groups is 2. The summed E-state index contributed by atoms with van der Waals surface area (Å²) in [7, 11) is -4.27. The summed E-state index contributed by atoms with van der Waals surface area (Å²) in [6, 6.07) is -1.17. The zero-order chi connectivity index (χ0) is 30.7. The van der Waals surface area contributed by atoms with E-state index in [0.717, 1.165) is 68.2 Å². The fourth-order valence-electron chi connectivity index (χ4n) is 5.39. The van der Waals surface area contributed by atoms with Crippen molar-refractivity contribution in [3.05, 3.63) is 33.1 Å². The molecular weight excluding hydrogens is 575 g/mol. The molecule has 236 valence electrons. The molecule has 2 aliphatic carbocycles. The van der Waals surface area contributed by atoms with Crippen LogP contribution in [0.25, 0.3) is 0 Å². The molecule has 16 heteroatoms. The van der Waals surface area contributed by atoms with Crippen LogP contribution in [0.3, 0.4) is 0 Å². The van der Waals surface area contributed by atoms with Gasteiger partial charge in [-0.3, -0.25) is 28.5 Å². The van der Waals surface area contributed by atoms with Crippen LogP contribution in [0.15, 0.2) is 21.9 Å². The van der Waals surface area contributed by atoms with E-state index in [1.165, 1.54) is 20.8 Å². The summed E-state index contributed by atoms with van der Waals surface area (Å²) in [5.41, 5.74) is -3.24. The number of rotatable bonds is 12. The Morgan fingerprint density at radius 3 is 2.02 bits per heavy atom. The minimum absolute atomic E-state index is 0.231. The van der Waals surface area contributed by atoms with Crippen LogP contribution in [-0.4, -0.2) is 80.4 Å². The van der Waals surface area contributed by atoms with E-state index in [2.05, 4.69) is 10.2 Å². The van der Waals surface area contributed by atoms with Gasteiger partial charge in [-0.2, -0.15) is 0 Å². The van der Waals surface area contributed by atoms with Crippen molar-refractivity contribution in [1.29, 1.82) is 0 Å². The van der Waals surface area contributed by atoms with Gasteiger partial charge in [-0.1, -0.05) is 0 Å². The predicted octanol–water partition coefficient (Wildman–Crippen LogP) is 0.598. The minimum atomic E-state index is -4.27. The quantitative estimate of drug-likeness (QED) is 0.161. The smallest absolute Gasteiger partial charge is 0.342 e. The molecule has 6 atom stereocenters. The van der Waals surface area contributed by atoms with Crippen molar-refractivity contribution >= 4 is 19.6 Å². The van der Waals surface area contributed by atoms with Gasteiger partial charge in [0.05, 0.1) is 6.61 Å². The Morgan fingerprint density at radius 2 is 1.55 bits per heavy atom. The van der Waals surface area contributed by atoms with Crippen molar-refractivity contribution in [1.82, 2.24) is 19.7 Å². The lowest BCUT2D eigenvalue weighted by atomic mass is 9.99. The molecule has 1 aromatic rings. The second-order valence-electron chi connectivity index (χ2n) is 11.5. The molecule has 1 aliphatic heterocycles. The van der Waals surface area contributed by atoms with E-state index in [9.17, 15) is 34.0 Å². The molecule has 3 fully saturated rings. The highest BCUT2D eigenvalue weighted by atomic mass is 31.2. The van der Waals surface area contributed by atoms with Gasteiger partial charge in [-0.25, -0.2) is 15.0 Å². The average Bonchev–Trinajstić information content (AvgIpc) is 3.68. The molecular formula is C26H41N4O11P. The molecule has 5 N–H and O–H groups in total. The molecule has 3 aliphatic rings. The van der Waals surface area contributed by atoms with Crippen molar-refractivity contribution in [2.75, 3.05) is 6.61 Å². The molecule has 1 aromatic heterocycles. The maximum absolute atomic E-state index is 14.1. The first kappa shape index (κ1) is 32.5. The lowest BCUT2D eigenvalue weighted by Gasteiger charge is -2.32. The second kappa shape index (κ2) is 13.5. The summed E-state index contributed by atoms with van der Waals surface area (Å²) in [6.07, 6.45) is 2.75. The molecule has 42 heavy (non-hydrogen) atoms. The monoisotopic (exact) mass is 616 g/mol. The van der Waals surface area contributed by atoms with Crippen LogP contribution in [0.4, 0.5) is 0 Å². The molecule has 0 spiro atoms. The van der Waals surface area contributed by atoms with Gasteiger partial charge in [0.1, 0.15) is 42.1 Å². The molecule has 1 saturated heterocycles. The molecule has 0 amide bonds. The number of aliphatic hydroxyl groups excluding tert-OH is 2. The molecule has 15 nitrogen and oxygen atoms in total. The molecule has 2 heterocycles. The molecule has 0 unspecified atom stereocenters. The third kappa shape index (κ3) is 7.76. The summed E-state index contributed by atoms with van der Waals surface area (Å²) in [5, 5.41) is 26.7. The molecule has 0 radical (unpaired) electrons. The summed E-state index contributed by atoms with van der Waals surface area (Å²) in [6.45, 7) is 3.66.